The van der Waals surface area contributed by atoms with Gasteiger partial charge in [0, 0.05) is 12.1 Å². The van der Waals surface area contributed by atoms with E-state index in [0.29, 0.717) is 40.9 Å². The van der Waals surface area contributed by atoms with Crippen LogP contribution in [0.5, 0.6) is 0 Å². The first kappa shape index (κ1) is 26.0. The van der Waals surface area contributed by atoms with E-state index in [9.17, 15) is 14.0 Å². The summed E-state index contributed by atoms with van der Waals surface area (Å²) in [5.41, 5.74) is 3.60. The zero-order chi connectivity index (χ0) is 27.4. The van der Waals surface area contributed by atoms with Crippen LogP contribution in [0.2, 0.25) is 0 Å². The van der Waals surface area contributed by atoms with Gasteiger partial charge in [-0.25, -0.2) is 9.37 Å². The lowest BCUT2D eigenvalue weighted by Gasteiger charge is -2.31. The lowest BCUT2D eigenvalue weighted by atomic mass is 10.1. The van der Waals surface area contributed by atoms with Crippen molar-refractivity contribution < 1.29 is 9.18 Å². The number of carbonyl (C=O) groups excluding carboxylic acids is 1. The average Bonchev–Trinajstić information content (AvgIpc) is 2.98. The molecule has 5 aromatic rings. The summed E-state index contributed by atoms with van der Waals surface area (Å²) in [4.78, 5) is 34.4. The van der Waals surface area contributed by atoms with E-state index < -0.39 is 11.9 Å². The Morgan fingerprint density at radius 1 is 0.872 bits per heavy atom. The molecular weight excluding hydrogens is 489 g/mol. The summed E-state index contributed by atoms with van der Waals surface area (Å²) < 4.78 is 15.3. The number of para-hydroxylation sites is 1. The molecule has 5 nitrogen and oxygen atoms in total. The molecule has 0 fully saturated rings. The third kappa shape index (κ3) is 5.50. The van der Waals surface area contributed by atoms with E-state index in [1.807, 2.05) is 67.6 Å². The van der Waals surface area contributed by atoms with Crippen molar-refractivity contribution in [1.82, 2.24) is 14.5 Å². The Hall–Kier alpha value is -4.58. The van der Waals surface area contributed by atoms with Crippen LogP contribution in [-0.2, 0) is 12.8 Å². The largest absolute Gasteiger partial charge is 0.328 e. The SMILES string of the molecule is CCc1ccc(C(=O)N(CCc2ccccc2)C(C)c2nc3ccccc3c(=O)n2-c2ccc(F)cc2)cc1. The molecule has 0 spiro atoms. The molecule has 0 aliphatic heterocycles. The van der Waals surface area contributed by atoms with Gasteiger partial charge in [-0.1, -0.05) is 61.5 Å². The maximum Gasteiger partial charge on any atom is 0.266 e. The van der Waals surface area contributed by atoms with Gasteiger partial charge in [-0.2, -0.15) is 0 Å². The molecule has 6 heteroatoms. The van der Waals surface area contributed by atoms with E-state index in [4.69, 9.17) is 4.98 Å². The average molecular weight is 520 g/mol. The molecule has 1 heterocycles. The molecule has 39 heavy (non-hydrogen) atoms. The number of aromatic nitrogens is 2. The number of hydrogen-bond acceptors (Lipinski definition) is 3. The summed E-state index contributed by atoms with van der Waals surface area (Å²) >= 11 is 0. The third-order valence-corrected chi connectivity index (χ3v) is 7.08. The van der Waals surface area contributed by atoms with Crippen molar-refractivity contribution in [1.29, 1.82) is 0 Å². The maximum absolute atomic E-state index is 14.0. The van der Waals surface area contributed by atoms with Gasteiger partial charge in [0.2, 0.25) is 0 Å². The molecule has 0 radical (unpaired) electrons. The highest BCUT2D eigenvalue weighted by Crippen LogP contribution is 2.25. The van der Waals surface area contributed by atoms with Crippen molar-refractivity contribution >= 4 is 16.8 Å². The van der Waals surface area contributed by atoms with E-state index in [1.165, 1.54) is 16.7 Å². The van der Waals surface area contributed by atoms with Gasteiger partial charge in [-0.3, -0.25) is 14.2 Å². The molecule has 0 bridgehead atoms. The number of amides is 1. The zero-order valence-electron chi connectivity index (χ0n) is 22.0. The lowest BCUT2D eigenvalue weighted by Crippen LogP contribution is -2.38. The molecule has 0 saturated carbocycles. The standard InChI is InChI=1S/C33H30FN3O2/c1-3-24-13-15-26(16-14-24)32(38)36(22-21-25-9-5-4-6-10-25)23(2)31-35-30-12-8-7-11-29(30)33(39)37(31)28-19-17-27(34)18-20-28/h4-20,23H,3,21-22H2,1-2H3. The van der Waals surface area contributed by atoms with E-state index in [0.717, 1.165) is 17.5 Å². The van der Waals surface area contributed by atoms with Crippen LogP contribution in [0.3, 0.4) is 0 Å². The van der Waals surface area contributed by atoms with Crippen LogP contribution in [0.4, 0.5) is 4.39 Å². The first-order valence-electron chi connectivity index (χ1n) is 13.2. The Morgan fingerprint density at radius 3 is 2.23 bits per heavy atom. The monoisotopic (exact) mass is 519 g/mol. The first-order valence-corrected chi connectivity index (χ1v) is 13.2. The minimum Gasteiger partial charge on any atom is -0.328 e. The minimum absolute atomic E-state index is 0.144. The minimum atomic E-state index is -0.561. The summed E-state index contributed by atoms with van der Waals surface area (Å²) in [6, 6.07) is 30.0. The van der Waals surface area contributed by atoms with Crippen LogP contribution < -0.4 is 5.56 Å². The zero-order valence-corrected chi connectivity index (χ0v) is 22.0. The number of carbonyl (C=O) groups is 1. The maximum atomic E-state index is 14.0. The molecule has 0 aliphatic carbocycles. The van der Waals surface area contributed by atoms with Crippen molar-refractivity contribution in [3.8, 4) is 5.69 Å². The van der Waals surface area contributed by atoms with Gasteiger partial charge in [-0.15, -0.1) is 0 Å². The molecule has 1 aromatic heterocycles. The molecule has 0 saturated heterocycles. The molecule has 1 amide bonds. The number of fused-ring (bicyclic) bond motifs is 1. The fourth-order valence-corrected chi connectivity index (χ4v) is 4.82. The van der Waals surface area contributed by atoms with Gasteiger partial charge in [0.25, 0.3) is 11.5 Å². The van der Waals surface area contributed by atoms with Crippen molar-refractivity contribution in [3.63, 3.8) is 0 Å². The van der Waals surface area contributed by atoms with Gasteiger partial charge in [0.1, 0.15) is 11.6 Å². The van der Waals surface area contributed by atoms with Crippen molar-refractivity contribution in [2.45, 2.75) is 32.7 Å². The normalized spacial score (nSPS) is 11.9. The molecule has 1 unspecified atom stereocenters. The molecule has 1 atom stereocenters. The molecule has 4 aromatic carbocycles. The Balaban J connectivity index is 1.63. The van der Waals surface area contributed by atoms with Crippen LogP contribution >= 0.6 is 0 Å². The van der Waals surface area contributed by atoms with Gasteiger partial charge >= 0.3 is 0 Å². The van der Waals surface area contributed by atoms with Gasteiger partial charge < -0.3 is 4.90 Å². The Bertz CT molecular complexity index is 1650. The van der Waals surface area contributed by atoms with Crippen LogP contribution in [0.1, 0.15) is 47.2 Å². The fraction of sp³-hybridized carbons (Fsp3) is 0.182. The number of halogens is 1. The smallest absolute Gasteiger partial charge is 0.266 e. The summed E-state index contributed by atoms with van der Waals surface area (Å²) in [5.74, 6) is -0.128. The molecule has 196 valence electrons. The quantitative estimate of drug-likeness (QED) is 0.234. The number of rotatable bonds is 8. The lowest BCUT2D eigenvalue weighted by molar-refractivity contribution is 0.0683. The predicted molar refractivity (Wildman–Crippen MR) is 153 cm³/mol. The van der Waals surface area contributed by atoms with Gasteiger partial charge in [0.15, 0.2) is 0 Å². The second kappa shape index (κ2) is 11.4. The highest BCUT2D eigenvalue weighted by atomic mass is 19.1. The number of benzene rings is 4. The molecule has 0 aliphatic rings. The molecule has 0 N–H and O–H groups in total. The predicted octanol–water partition coefficient (Wildman–Crippen LogP) is 6.53. The van der Waals surface area contributed by atoms with Crippen LogP contribution in [-0.4, -0.2) is 26.9 Å². The summed E-state index contributed by atoms with van der Waals surface area (Å²) in [5, 5.41) is 0.454. The second-order valence-electron chi connectivity index (χ2n) is 9.56. The van der Waals surface area contributed by atoms with E-state index in [2.05, 4.69) is 6.92 Å². The van der Waals surface area contributed by atoms with Crippen molar-refractivity contribution in [3.05, 3.63) is 142 Å². The number of nitrogens with zero attached hydrogens (tertiary/aromatic N) is 3. The van der Waals surface area contributed by atoms with Crippen molar-refractivity contribution in [2.75, 3.05) is 6.54 Å². The highest BCUT2D eigenvalue weighted by molar-refractivity contribution is 5.94. The molecular formula is C33H30FN3O2. The van der Waals surface area contributed by atoms with Crippen LogP contribution in [0, 0.1) is 5.82 Å². The topological polar surface area (TPSA) is 55.2 Å². The third-order valence-electron chi connectivity index (χ3n) is 7.08. The van der Waals surface area contributed by atoms with Gasteiger partial charge in [-0.05, 0) is 79.4 Å². The van der Waals surface area contributed by atoms with Crippen LogP contribution in [0.25, 0.3) is 16.6 Å². The van der Waals surface area contributed by atoms with E-state index >= 15 is 0 Å². The second-order valence-corrected chi connectivity index (χ2v) is 9.56. The number of aryl methyl sites for hydroxylation is 1. The fourth-order valence-electron chi connectivity index (χ4n) is 4.82. The Morgan fingerprint density at radius 2 is 1.54 bits per heavy atom. The summed E-state index contributed by atoms with van der Waals surface area (Å²) in [7, 11) is 0. The molecule has 5 rings (SSSR count). The Labute approximate surface area is 227 Å². The Kier molecular flexibility index (Phi) is 7.64. The first-order chi connectivity index (χ1) is 19.0. The highest BCUT2D eigenvalue weighted by Gasteiger charge is 2.27. The van der Waals surface area contributed by atoms with Crippen LogP contribution in [0.15, 0.2) is 108 Å². The van der Waals surface area contributed by atoms with Crippen molar-refractivity contribution in [2.24, 2.45) is 0 Å². The number of hydrogen-bond donors (Lipinski definition) is 0. The van der Waals surface area contributed by atoms with E-state index in [1.54, 1.807) is 35.2 Å². The summed E-state index contributed by atoms with van der Waals surface area (Å²) in [6.07, 6.45) is 1.52. The van der Waals surface area contributed by atoms with Gasteiger partial charge in [0.05, 0.1) is 22.6 Å². The summed E-state index contributed by atoms with van der Waals surface area (Å²) in [6.45, 7) is 4.39. The van der Waals surface area contributed by atoms with E-state index in [-0.39, 0.29) is 11.5 Å².